The summed E-state index contributed by atoms with van der Waals surface area (Å²) in [7, 11) is 4.24. The minimum Gasteiger partial charge on any atom is -0.489 e. The number of rotatable bonds is 9. The minimum atomic E-state index is -0.259. The highest BCUT2D eigenvalue weighted by molar-refractivity contribution is 5.79. The monoisotopic (exact) mass is 350 g/mol. The van der Waals surface area contributed by atoms with E-state index in [0.717, 1.165) is 25.0 Å². The van der Waals surface area contributed by atoms with Gasteiger partial charge in [0.25, 0.3) is 0 Å². The third kappa shape index (κ3) is 6.90. The molecule has 0 saturated heterocycles. The molecule has 0 spiro atoms. The Bertz CT molecular complexity index is 541. The Kier molecular flexibility index (Phi) is 7.50. The second-order valence-corrected chi connectivity index (χ2v) is 6.85. The van der Waals surface area contributed by atoms with Gasteiger partial charge in [-0.25, -0.2) is 4.39 Å². The van der Waals surface area contributed by atoms with Crippen molar-refractivity contribution in [3.05, 3.63) is 30.1 Å². The minimum absolute atomic E-state index is 0.0533. The van der Waals surface area contributed by atoms with E-state index in [0.29, 0.717) is 18.3 Å². The lowest BCUT2D eigenvalue weighted by atomic mass is 10.2. The van der Waals surface area contributed by atoms with E-state index in [1.807, 2.05) is 6.92 Å². The molecule has 5 nitrogen and oxygen atoms in total. The summed E-state index contributed by atoms with van der Waals surface area (Å²) < 4.78 is 18.7. The first-order valence-electron chi connectivity index (χ1n) is 9.10. The van der Waals surface area contributed by atoms with Crippen LogP contribution in [0.1, 0.15) is 26.7 Å². The summed E-state index contributed by atoms with van der Waals surface area (Å²) >= 11 is 0. The van der Waals surface area contributed by atoms with Crippen LogP contribution in [0.2, 0.25) is 0 Å². The molecular formula is C19H31FN4O. The van der Waals surface area contributed by atoms with Gasteiger partial charge in [-0.15, -0.1) is 0 Å². The van der Waals surface area contributed by atoms with E-state index >= 15 is 0 Å². The number of nitrogens with zero attached hydrogens (tertiary/aromatic N) is 2. The Morgan fingerprint density at radius 3 is 2.52 bits per heavy atom. The number of halogens is 1. The molecule has 0 aromatic heterocycles. The van der Waals surface area contributed by atoms with E-state index < -0.39 is 0 Å². The van der Waals surface area contributed by atoms with Gasteiger partial charge in [0, 0.05) is 12.6 Å². The number of hydrogen-bond acceptors (Lipinski definition) is 3. The normalized spacial score (nSPS) is 17.3. The Morgan fingerprint density at radius 2 is 1.96 bits per heavy atom. The summed E-state index contributed by atoms with van der Waals surface area (Å²) in [5.74, 6) is 2.00. The van der Waals surface area contributed by atoms with Crippen LogP contribution in [0.15, 0.2) is 29.3 Å². The lowest BCUT2D eigenvalue weighted by molar-refractivity contribution is 0.223. The molecule has 140 valence electrons. The third-order valence-corrected chi connectivity index (χ3v) is 4.32. The first kappa shape index (κ1) is 19.5. The van der Waals surface area contributed by atoms with Crippen LogP contribution in [0.25, 0.3) is 0 Å². The number of nitrogens with one attached hydrogen (secondary N) is 2. The van der Waals surface area contributed by atoms with Gasteiger partial charge in [-0.1, -0.05) is 0 Å². The van der Waals surface area contributed by atoms with Crippen LogP contribution in [0.4, 0.5) is 4.39 Å². The summed E-state index contributed by atoms with van der Waals surface area (Å²) in [6, 6.07) is 6.59. The van der Waals surface area contributed by atoms with Crippen LogP contribution in [0.3, 0.4) is 0 Å². The predicted octanol–water partition coefficient (Wildman–Crippen LogP) is 2.49. The molecule has 1 aliphatic carbocycles. The molecule has 2 rings (SSSR count). The predicted molar refractivity (Wildman–Crippen MR) is 101 cm³/mol. The Labute approximate surface area is 150 Å². The Hall–Kier alpha value is -1.82. The lowest BCUT2D eigenvalue weighted by Gasteiger charge is -2.23. The smallest absolute Gasteiger partial charge is 0.191 e. The van der Waals surface area contributed by atoms with Gasteiger partial charge in [0.15, 0.2) is 5.96 Å². The van der Waals surface area contributed by atoms with Gasteiger partial charge in [-0.05, 0) is 71.0 Å². The number of guanidine groups is 1. The second kappa shape index (κ2) is 9.61. The number of aliphatic imine (C=N–C) groups is 1. The molecule has 2 unspecified atom stereocenters. The average Bonchev–Trinajstić information content (AvgIpc) is 3.39. The maximum absolute atomic E-state index is 12.9. The molecule has 1 fully saturated rings. The van der Waals surface area contributed by atoms with Crippen LogP contribution in [0.5, 0.6) is 5.75 Å². The largest absolute Gasteiger partial charge is 0.489 e. The van der Waals surface area contributed by atoms with Crippen molar-refractivity contribution in [1.29, 1.82) is 0 Å². The highest BCUT2D eigenvalue weighted by atomic mass is 19.1. The van der Waals surface area contributed by atoms with Crippen molar-refractivity contribution in [2.75, 3.05) is 33.7 Å². The molecular weight excluding hydrogens is 319 g/mol. The molecule has 0 radical (unpaired) electrons. The summed E-state index contributed by atoms with van der Waals surface area (Å²) in [4.78, 5) is 7.00. The quantitative estimate of drug-likeness (QED) is 0.531. The second-order valence-electron chi connectivity index (χ2n) is 6.85. The van der Waals surface area contributed by atoms with Crippen LogP contribution in [0, 0.1) is 11.7 Å². The molecule has 0 heterocycles. The van der Waals surface area contributed by atoms with E-state index in [1.54, 1.807) is 12.1 Å². The van der Waals surface area contributed by atoms with Gasteiger partial charge in [0.05, 0.1) is 13.1 Å². The summed E-state index contributed by atoms with van der Waals surface area (Å²) in [6.45, 7) is 6.27. The van der Waals surface area contributed by atoms with Crippen molar-refractivity contribution in [1.82, 2.24) is 15.5 Å². The summed E-state index contributed by atoms with van der Waals surface area (Å²) in [5, 5.41) is 6.61. The molecule has 0 amide bonds. The van der Waals surface area contributed by atoms with E-state index in [-0.39, 0.29) is 11.9 Å². The number of benzene rings is 1. The van der Waals surface area contributed by atoms with Crippen molar-refractivity contribution in [3.63, 3.8) is 0 Å². The Balaban J connectivity index is 1.83. The van der Waals surface area contributed by atoms with E-state index in [9.17, 15) is 4.39 Å². The molecule has 0 aliphatic heterocycles. The molecule has 2 N–H and O–H groups in total. The van der Waals surface area contributed by atoms with Crippen molar-refractivity contribution in [2.45, 2.75) is 38.8 Å². The zero-order valence-corrected chi connectivity index (χ0v) is 15.8. The van der Waals surface area contributed by atoms with Gasteiger partial charge in [-0.3, -0.25) is 4.99 Å². The lowest BCUT2D eigenvalue weighted by Crippen LogP contribution is -2.43. The van der Waals surface area contributed by atoms with Gasteiger partial charge in [0.1, 0.15) is 17.7 Å². The zero-order valence-electron chi connectivity index (χ0n) is 15.8. The van der Waals surface area contributed by atoms with Crippen molar-refractivity contribution < 1.29 is 9.13 Å². The van der Waals surface area contributed by atoms with E-state index in [2.05, 4.69) is 36.6 Å². The average molecular weight is 350 g/mol. The zero-order chi connectivity index (χ0) is 18.2. The van der Waals surface area contributed by atoms with Gasteiger partial charge < -0.3 is 20.3 Å². The Morgan fingerprint density at radius 1 is 1.28 bits per heavy atom. The molecule has 1 saturated carbocycles. The number of ether oxygens (including phenoxy) is 1. The molecule has 6 heteroatoms. The maximum atomic E-state index is 12.9. The highest BCUT2D eigenvalue weighted by Gasteiger charge is 2.32. The van der Waals surface area contributed by atoms with Crippen molar-refractivity contribution in [3.8, 4) is 5.75 Å². The summed E-state index contributed by atoms with van der Waals surface area (Å²) in [6.07, 6.45) is 2.57. The first-order valence-corrected chi connectivity index (χ1v) is 9.10. The van der Waals surface area contributed by atoms with E-state index in [4.69, 9.17) is 9.73 Å². The van der Waals surface area contributed by atoms with Crippen LogP contribution < -0.4 is 15.4 Å². The topological polar surface area (TPSA) is 48.9 Å². The molecule has 25 heavy (non-hydrogen) atoms. The first-order chi connectivity index (χ1) is 12.0. The molecule has 1 aromatic rings. The van der Waals surface area contributed by atoms with Crippen molar-refractivity contribution >= 4 is 5.96 Å². The fourth-order valence-electron chi connectivity index (χ4n) is 2.77. The van der Waals surface area contributed by atoms with Gasteiger partial charge in [0.2, 0.25) is 0 Å². The summed E-state index contributed by atoms with van der Waals surface area (Å²) in [5.41, 5.74) is 0. The molecule has 1 aromatic carbocycles. The van der Waals surface area contributed by atoms with Crippen molar-refractivity contribution in [2.24, 2.45) is 10.9 Å². The molecule has 0 bridgehead atoms. The molecule has 2 atom stereocenters. The van der Waals surface area contributed by atoms with Gasteiger partial charge in [-0.2, -0.15) is 0 Å². The number of likely N-dealkylation sites (N-methyl/N-ethyl adjacent to an activating group) is 1. The highest BCUT2D eigenvalue weighted by Crippen LogP contribution is 2.34. The SMILES string of the molecule is CCNC(=NCC(C1CC1)N(C)C)NCC(C)Oc1ccc(F)cc1. The van der Waals surface area contributed by atoms with E-state index in [1.165, 1.54) is 25.0 Å². The fourth-order valence-corrected chi connectivity index (χ4v) is 2.77. The van der Waals surface area contributed by atoms with Gasteiger partial charge >= 0.3 is 0 Å². The van der Waals surface area contributed by atoms with Crippen LogP contribution in [-0.4, -0.2) is 56.7 Å². The molecule has 1 aliphatic rings. The third-order valence-electron chi connectivity index (χ3n) is 4.32. The maximum Gasteiger partial charge on any atom is 0.191 e. The standard InChI is InChI=1S/C19H31FN4O/c1-5-21-19(23-13-18(24(3)4)15-6-7-15)22-12-14(2)25-17-10-8-16(20)9-11-17/h8-11,14-15,18H,5-7,12-13H2,1-4H3,(H2,21,22,23). The fraction of sp³-hybridized carbons (Fsp3) is 0.632. The number of hydrogen-bond donors (Lipinski definition) is 2. The van der Waals surface area contributed by atoms with Crippen LogP contribution in [-0.2, 0) is 0 Å². The van der Waals surface area contributed by atoms with Crippen LogP contribution >= 0.6 is 0 Å².